The summed E-state index contributed by atoms with van der Waals surface area (Å²) in [5.74, 6) is 1.41. The second-order valence-corrected chi connectivity index (χ2v) is 5.62. The van der Waals surface area contributed by atoms with Crippen LogP contribution in [0.3, 0.4) is 0 Å². The van der Waals surface area contributed by atoms with Crippen molar-refractivity contribution in [3.63, 3.8) is 0 Å². The van der Waals surface area contributed by atoms with E-state index in [-0.39, 0.29) is 0 Å². The SMILES string of the molecule is CCCOc1cc(C)c(C=NNc2nc(N)cs2)c(C)c1. The number of anilines is 2. The first-order valence-electron chi connectivity index (χ1n) is 6.84. The number of thiazole rings is 1. The molecule has 6 heteroatoms. The van der Waals surface area contributed by atoms with E-state index in [4.69, 9.17) is 10.5 Å². The third-order valence-corrected chi connectivity index (χ3v) is 3.68. The van der Waals surface area contributed by atoms with Crippen molar-refractivity contribution < 1.29 is 4.74 Å². The first-order chi connectivity index (χ1) is 10.1. The molecule has 0 saturated heterocycles. The highest BCUT2D eigenvalue weighted by Gasteiger charge is 2.04. The Morgan fingerprint density at radius 2 is 2.10 bits per heavy atom. The van der Waals surface area contributed by atoms with E-state index < -0.39 is 0 Å². The minimum absolute atomic E-state index is 0.502. The van der Waals surface area contributed by atoms with Gasteiger partial charge < -0.3 is 10.5 Å². The Hall–Kier alpha value is -2.08. The lowest BCUT2D eigenvalue weighted by molar-refractivity contribution is 0.317. The number of hydrogen-bond donors (Lipinski definition) is 2. The van der Waals surface area contributed by atoms with Crippen molar-refractivity contribution in [2.75, 3.05) is 17.8 Å². The van der Waals surface area contributed by atoms with E-state index in [0.29, 0.717) is 10.9 Å². The van der Waals surface area contributed by atoms with E-state index in [0.717, 1.165) is 35.5 Å². The van der Waals surface area contributed by atoms with E-state index in [2.05, 4.69) is 36.3 Å². The molecule has 0 unspecified atom stereocenters. The number of nitrogen functional groups attached to an aromatic ring is 1. The van der Waals surface area contributed by atoms with Crippen LogP contribution in [0.4, 0.5) is 10.9 Å². The Morgan fingerprint density at radius 3 is 2.67 bits per heavy atom. The lowest BCUT2D eigenvalue weighted by atomic mass is 10.0. The zero-order valence-electron chi connectivity index (χ0n) is 12.5. The molecule has 0 bridgehead atoms. The number of ether oxygens (including phenoxy) is 1. The van der Waals surface area contributed by atoms with Crippen LogP contribution in [-0.2, 0) is 0 Å². The fourth-order valence-electron chi connectivity index (χ4n) is 1.93. The first-order valence-corrected chi connectivity index (χ1v) is 7.72. The van der Waals surface area contributed by atoms with Crippen LogP contribution in [0.1, 0.15) is 30.0 Å². The minimum Gasteiger partial charge on any atom is -0.494 e. The van der Waals surface area contributed by atoms with Gasteiger partial charge in [0.25, 0.3) is 0 Å². The second-order valence-electron chi connectivity index (χ2n) is 4.77. The molecule has 0 aliphatic rings. The Bertz CT molecular complexity index is 613. The normalized spacial score (nSPS) is 11.0. The standard InChI is InChI=1S/C15H20N4OS/c1-4-5-20-12-6-10(2)13(11(3)7-12)8-17-19-15-18-14(16)9-21-15/h6-9H,4-5,16H2,1-3H3,(H,18,19). The predicted octanol–water partition coefficient (Wildman–Crippen LogP) is 3.58. The van der Waals surface area contributed by atoms with Crippen LogP contribution in [0, 0.1) is 13.8 Å². The van der Waals surface area contributed by atoms with Crippen molar-refractivity contribution in [2.24, 2.45) is 5.10 Å². The summed E-state index contributed by atoms with van der Waals surface area (Å²) in [6.07, 6.45) is 2.80. The molecule has 3 N–H and O–H groups in total. The van der Waals surface area contributed by atoms with Crippen molar-refractivity contribution in [3.05, 3.63) is 34.2 Å². The monoisotopic (exact) mass is 304 g/mol. The highest BCUT2D eigenvalue weighted by atomic mass is 32.1. The molecule has 5 nitrogen and oxygen atoms in total. The Balaban J connectivity index is 2.08. The molecule has 1 heterocycles. The van der Waals surface area contributed by atoms with Gasteiger partial charge in [0.2, 0.25) is 5.13 Å². The molecule has 0 amide bonds. The van der Waals surface area contributed by atoms with E-state index in [1.807, 2.05) is 12.1 Å². The molecule has 21 heavy (non-hydrogen) atoms. The van der Waals surface area contributed by atoms with Gasteiger partial charge in [0, 0.05) is 10.9 Å². The van der Waals surface area contributed by atoms with E-state index in [9.17, 15) is 0 Å². The van der Waals surface area contributed by atoms with Gasteiger partial charge in [0.15, 0.2) is 0 Å². The Labute approximate surface area is 128 Å². The van der Waals surface area contributed by atoms with Crippen molar-refractivity contribution in [3.8, 4) is 5.75 Å². The molecule has 0 fully saturated rings. The van der Waals surface area contributed by atoms with E-state index in [1.165, 1.54) is 11.3 Å². The lowest BCUT2D eigenvalue weighted by Crippen LogP contribution is -2.00. The molecule has 0 aliphatic heterocycles. The largest absolute Gasteiger partial charge is 0.494 e. The maximum Gasteiger partial charge on any atom is 0.205 e. The smallest absolute Gasteiger partial charge is 0.205 e. The summed E-state index contributed by atoms with van der Waals surface area (Å²) >= 11 is 1.42. The average Bonchev–Trinajstić information content (AvgIpc) is 2.85. The number of benzene rings is 1. The molecule has 0 spiro atoms. The Kier molecular flexibility index (Phi) is 5.16. The van der Waals surface area contributed by atoms with E-state index >= 15 is 0 Å². The van der Waals surface area contributed by atoms with Gasteiger partial charge in [0.05, 0.1) is 12.8 Å². The summed E-state index contributed by atoms with van der Waals surface area (Å²) in [7, 11) is 0. The zero-order valence-corrected chi connectivity index (χ0v) is 13.3. The molecule has 2 rings (SSSR count). The van der Waals surface area contributed by atoms with Gasteiger partial charge in [-0.25, -0.2) is 4.98 Å². The lowest BCUT2D eigenvalue weighted by Gasteiger charge is -2.10. The molecule has 1 aromatic heterocycles. The minimum atomic E-state index is 0.502. The van der Waals surface area contributed by atoms with Gasteiger partial charge >= 0.3 is 0 Å². The van der Waals surface area contributed by atoms with Gasteiger partial charge in [-0.1, -0.05) is 6.92 Å². The number of hydrogen-bond acceptors (Lipinski definition) is 6. The van der Waals surface area contributed by atoms with Crippen molar-refractivity contribution in [1.29, 1.82) is 0 Å². The molecule has 0 saturated carbocycles. The summed E-state index contributed by atoms with van der Waals surface area (Å²) in [6, 6.07) is 4.07. The maximum atomic E-state index is 5.67. The van der Waals surface area contributed by atoms with Crippen molar-refractivity contribution >= 4 is 28.5 Å². The third kappa shape index (κ3) is 4.19. The molecule has 2 aromatic rings. The molecule has 112 valence electrons. The average molecular weight is 304 g/mol. The molecular formula is C15H20N4OS. The topological polar surface area (TPSA) is 72.5 Å². The number of hydrazone groups is 1. The van der Waals surface area contributed by atoms with Crippen LogP contribution in [0.25, 0.3) is 0 Å². The molecule has 0 atom stereocenters. The number of aryl methyl sites for hydroxylation is 2. The maximum absolute atomic E-state index is 5.67. The van der Waals surface area contributed by atoms with Gasteiger partial charge in [-0.15, -0.1) is 11.3 Å². The fraction of sp³-hybridized carbons (Fsp3) is 0.333. The number of nitrogens with zero attached hydrogens (tertiary/aromatic N) is 2. The second kappa shape index (κ2) is 7.08. The molecule has 1 aromatic carbocycles. The number of nitrogens with one attached hydrogen (secondary N) is 1. The van der Waals surface area contributed by atoms with Crippen molar-refractivity contribution in [1.82, 2.24) is 4.98 Å². The van der Waals surface area contributed by atoms with E-state index in [1.54, 1.807) is 11.6 Å². The van der Waals surface area contributed by atoms with Gasteiger partial charge in [-0.2, -0.15) is 5.10 Å². The number of aromatic nitrogens is 1. The number of rotatable bonds is 6. The molecular weight excluding hydrogens is 284 g/mol. The van der Waals surface area contributed by atoms with Crippen LogP contribution in [0.5, 0.6) is 5.75 Å². The highest BCUT2D eigenvalue weighted by molar-refractivity contribution is 7.14. The van der Waals surface area contributed by atoms with Crippen LogP contribution < -0.4 is 15.9 Å². The summed E-state index contributed by atoms with van der Waals surface area (Å²) < 4.78 is 5.67. The zero-order chi connectivity index (χ0) is 15.2. The fourth-order valence-corrected chi connectivity index (χ4v) is 2.48. The van der Waals surface area contributed by atoms with Crippen LogP contribution in [0.15, 0.2) is 22.6 Å². The van der Waals surface area contributed by atoms with Crippen molar-refractivity contribution in [2.45, 2.75) is 27.2 Å². The summed E-state index contributed by atoms with van der Waals surface area (Å²) in [5.41, 5.74) is 11.8. The number of nitrogens with two attached hydrogens (primary N) is 1. The van der Waals surface area contributed by atoms with Gasteiger partial charge in [0.1, 0.15) is 11.6 Å². The van der Waals surface area contributed by atoms with Crippen LogP contribution in [-0.4, -0.2) is 17.8 Å². The summed E-state index contributed by atoms with van der Waals surface area (Å²) in [6.45, 7) is 6.93. The van der Waals surface area contributed by atoms with Gasteiger partial charge in [-0.3, -0.25) is 5.43 Å². The predicted molar refractivity (Wildman–Crippen MR) is 89.4 cm³/mol. The van der Waals surface area contributed by atoms with Gasteiger partial charge in [-0.05, 0) is 43.5 Å². The summed E-state index contributed by atoms with van der Waals surface area (Å²) in [5, 5.41) is 6.67. The Morgan fingerprint density at radius 1 is 1.38 bits per heavy atom. The highest BCUT2D eigenvalue weighted by Crippen LogP contribution is 2.21. The first kappa shape index (κ1) is 15.3. The van der Waals surface area contributed by atoms with Crippen LogP contribution in [0.2, 0.25) is 0 Å². The molecule has 0 radical (unpaired) electrons. The quantitative estimate of drug-likeness (QED) is 0.632. The molecule has 0 aliphatic carbocycles. The third-order valence-electron chi connectivity index (χ3n) is 2.92. The summed E-state index contributed by atoms with van der Waals surface area (Å²) in [4.78, 5) is 4.09. The van der Waals surface area contributed by atoms with Crippen LogP contribution >= 0.6 is 11.3 Å².